The maximum Gasteiger partial charge on any atom is 0.239 e. The van der Waals surface area contributed by atoms with Gasteiger partial charge in [-0.1, -0.05) is 6.92 Å². The van der Waals surface area contributed by atoms with Gasteiger partial charge in [0.25, 0.3) is 0 Å². The summed E-state index contributed by atoms with van der Waals surface area (Å²) in [4.78, 5) is 21.4. The fraction of sp³-hybridized carbons (Fsp3) is 0.545. The lowest BCUT2D eigenvalue weighted by Crippen LogP contribution is -2.40. The van der Waals surface area contributed by atoms with E-state index in [2.05, 4.69) is 15.3 Å². The lowest BCUT2D eigenvalue weighted by Gasteiger charge is -2.18. The van der Waals surface area contributed by atoms with Crippen LogP contribution in [0, 0.1) is 0 Å². The summed E-state index contributed by atoms with van der Waals surface area (Å²) in [6.45, 7) is 4.29. The van der Waals surface area contributed by atoms with E-state index in [-0.39, 0.29) is 18.5 Å². The molecule has 0 saturated carbocycles. The van der Waals surface area contributed by atoms with Crippen molar-refractivity contribution in [2.24, 2.45) is 0 Å². The summed E-state index contributed by atoms with van der Waals surface area (Å²) >= 11 is 0. The molecule has 0 aliphatic rings. The molecular weight excluding hydrogens is 204 g/mol. The van der Waals surface area contributed by atoms with Gasteiger partial charge in [-0.15, -0.1) is 0 Å². The van der Waals surface area contributed by atoms with Gasteiger partial charge in [-0.2, -0.15) is 0 Å². The van der Waals surface area contributed by atoms with Crippen LogP contribution in [0.2, 0.25) is 0 Å². The second-order valence-corrected chi connectivity index (χ2v) is 3.78. The third-order valence-electron chi connectivity index (χ3n) is 2.29. The van der Waals surface area contributed by atoms with Gasteiger partial charge in [0, 0.05) is 25.5 Å². The SMILES string of the molecule is CCC(C)NC(=O)CN(C)c1ncccn1. The summed E-state index contributed by atoms with van der Waals surface area (Å²) in [5.74, 6) is 0.547. The normalized spacial score (nSPS) is 11.9. The van der Waals surface area contributed by atoms with Crippen molar-refractivity contribution >= 4 is 11.9 Å². The van der Waals surface area contributed by atoms with E-state index in [1.54, 1.807) is 30.4 Å². The van der Waals surface area contributed by atoms with Crippen LogP contribution in [0.25, 0.3) is 0 Å². The molecule has 0 saturated heterocycles. The largest absolute Gasteiger partial charge is 0.352 e. The van der Waals surface area contributed by atoms with E-state index < -0.39 is 0 Å². The number of amides is 1. The maximum atomic E-state index is 11.6. The first-order valence-corrected chi connectivity index (χ1v) is 5.41. The Morgan fingerprint density at radius 2 is 2.12 bits per heavy atom. The summed E-state index contributed by atoms with van der Waals surface area (Å²) in [6.07, 6.45) is 4.24. The molecule has 0 aromatic carbocycles. The van der Waals surface area contributed by atoms with Crippen molar-refractivity contribution in [3.8, 4) is 0 Å². The first-order valence-electron chi connectivity index (χ1n) is 5.41. The molecule has 5 nitrogen and oxygen atoms in total. The molecule has 0 radical (unpaired) electrons. The highest BCUT2D eigenvalue weighted by Gasteiger charge is 2.10. The second-order valence-electron chi connectivity index (χ2n) is 3.78. The summed E-state index contributed by atoms with van der Waals surface area (Å²) in [5, 5.41) is 2.89. The molecule has 0 fully saturated rings. The molecule has 5 heteroatoms. The zero-order chi connectivity index (χ0) is 12.0. The van der Waals surface area contributed by atoms with Crippen LogP contribution in [0.5, 0.6) is 0 Å². The Balaban J connectivity index is 2.46. The molecule has 1 heterocycles. The number of hydrogen-bond acceptors (Lipinski definition) is 4. The number of carbonyl (C=O) groups excluding carboxylic acids is 1. The quantitative estimate of drug-likeness (QED) is 0.801. The minimum atomic E-state index is -0.00990. The van der Waals surface area contributed by atoms with E-state index in [1.165, 1.54) is 0 Å². The monoisotopic (exact) mass is 222 g/mol. The number of likely N-dealkylation sites (N-methyl/N-ethyl adjacent to an activating group) is 1. The number of carbonyl (C=O) groups is 1. The Bertz CT molecular complexity index is 328. The van der Waals surface area contributed by atoms with Gasteiger partial charge in [0.2, 0.25) is 11.9 Å². The highest BCUT2D eigenvalue weighted by atomic mass is 16.2. The Kier molecular flexibility index (Phi) is 4.69. The molecule has 1 N–H and O–H groups in total. The van der Waals surface area contributed by atoms with Gasteiger partial charge >= 0.3 is 0 Å². The van der Waals surface area contributed by atoms with Gasteiger partial charge in [0.05, 0.1) is 6.54 Å². The van der Waals surface area contributed by atoms with E-state index in [1.807, 2.05) is 13.8 Å². The molecule has 0 aliphatic carbocycles. The predicted molar refractivity (Wildman–Crippen MR) is 63.2 cm³/mol. The van der Waals surface area contributed by atoms with Crippen molar-refractivity contribution in [1.29, 1.82) is 0 Å². The number of hydrogen-bond donors (Lipinski definition) is 1. The second kappa shape index (κ2) is 6.05. The highest BCUT2D eigenvalue weighted by molar-refractivity contribution is 5.80. The average molecular weight is 222 g/mol. The summed E-state index contributed by atoms with van der Waals surface area (Å²) in [5.41, 5.74) is 0. The fourth-order valence-corrected chi connectivity index (χ4v) is 1.20. The van der Waals surface area contributed by atoms with E-state index in [0.717, 1.165) is 6.42 Å². The van der Waals surface area contributed by atoms with Crippen LogP contribution in [0.15, 0.2) is 18.5 Å². The molecule has 0 spiro atoms. The molecule has 1 rings (SSSR count). The topological polar surface area (TPSA) is 58.1 Å². The number of anilines is 1. The van der Waals surface area contributed by atoms with Gasteiger partial charge < -0.3 is 10.2 Å². The number of nitrogens with one attached hydrogen (secondary N) is 1. The van der Waals surface area contributed by atoms with Crippen LogP contribution in [0.4, 0.5) is 5.95 Å². The number of aromatic nitrogens is 2. The molecule has 1 aromatic rings. The van der Waals surface area contributed by atoms with Crippen LogP contribution in [0.1, 0.15) is 20.3 Å². The van der Waals surface area contributed by atoms with Gasteiger partial charge in [-0.05, 0) is 19.4 Å². The third-order valence-corrected chi connectivity index (χ3v) is 2.29. The van der Waals surface area contributed by atoms with E-state index >= 15 is 0 Å². The minimum Gasteiger partial charge on any atom is -0.352 e. The van der Waals surface area contributed by atoms with E-state index in [4.69, 9.17) is 0 Å². The molecule has 0 aliphatic heterocycles. The summed E-state index contributed by atoms with van der Waals surface area (Å²) in [7, 11) is 1.80. The standard InChI is InChI=1S/C11H18N4O/c1-4-9(2)14-10(16)8-15(3)11-12-6-5-7-13-11/h5-7,9H,4,8H2,1-3H3,(H,14,16). The predicted octanol–water partition coefficient (Wildman–Crippen LogP) is 0.827. The van der Waals surface area contributed by atoms with E-state index in [9.17, 15) is 4.79 Å². The number of rotatable bonds is 5. The smallest absolute Gasteiger partial charge is 0.239 e. The van der Waals surface area contributed by atoms with Crippen LogP contribution >= 0.6 is 0 Å². The minimum absolute atomic E-state index is 0.00990. The van der Waals surface area contributed by atoms with Crippen LogP contribution in [-0.2, 0) is 4.79 Å². The Labute approximate surface area is 95.9 Å². The molecule has 1 amide bonds. The Morgan fingerprint density at radius 1 is 1.50 bits per heavy atom. The fourth-order valence-electron chi connectivity index (χ4n) is 1.20. The Hall–Kier alpha value is -1.65. The van der Waals surface area contributed by atoms with E-state index in [0.29, 0.717) is 5.95 Å². The molecule has 1 unspecified atom stereocenters. The van der Waals surface area contributed by atoms with Crippen molar-refractivity contribution in [3.63, 3.8) is 0 Å². The van der Waals surface area contributed by atoms with Gasteiger partial charge in [-0.3, -0.25) is 4.79 Å². The molecule has 16 heavy (non-hydrogen) atoms. The van der Waals surface area contributed by atoms with Gasteiger partial charge in [0.15, 0.2) is 0 Å². The highest BCUT2D eigenvalue weighted by Crippen LogP contribution is 2.00. The maximum absolute atomic E-state index is 11.6. The van der Waals surface area contributed by atoms with Gasteiger partial charge in [-0.25, -0.2) is 9.97 Å². The van der Waals surface area contributed by atoms with Crippen molar-refractivity contribution in [1.82, 2.24) is 15.3 Å². The zero-order valence-corrected chi connectivity index (χ0v) is 9.97. The third kappa shape index (κ3) is 3.84. The van der Waals surface area contributed by atoms with Crippen molar-refractivity contribution < 1.29 is 4.79 Å². The molecule has 88 valence electrons. The van der Waals surface area contributed by atoms with Crippen LogP contribution < -0.4 is 10.2 Å². The number of nitrogens with zero attached hydrogens (tertiary/aromatic N) is 3. The van der Waals surface area contributed by atoms with Crippen molar-refractivity contribution in [2.45, 2.75) is 26.3 Å². The molecule has 1 aromatic heterocycles. The van der Waals surface area contributed by atoms with Gasteiger partial charge in [0.1, 0.15) is 0 Å². The summed E-state index contributed by atoms with van der Waals surface area (Å²) in [6, 6.07) is 1.95. The first-order chi connectivity index (χ1) is 7.63. The van der Waals surface area contributed by atoms with Crippen LogP contribution in [0.3, 0.4) is 0 Å². The zero-order valence-electron chi connectivity index (χ0n) is 9.97. The molecule has 1 atom stereocenters. The average Bonchev–Trinajstić information content (AvgIpc) is 2.29. The molecular formula is C11H18N4O. The van der Waals surface area contributed by atoms with Crippen molar-refractivity contribution in [2.75, 3.05) is 18.5 Å². The molecule has 0 bridgehead atoms. The summed E-state index contributed by atoms with van der Waals surface area (Å²) < 4.78 is 0. The van der Waals surface area contributed by atoms with Crippen LogP contribution in [-0.4, -0.2) is 35.5 Å². The Morgan fingerprint density at radius 3 is 2.69 bits per heavy atom. The first kappa shape index (κ1) is 12.4. The lowest BCUT2D eigenvalue weighted by molar-refractivity contribution is -0.120. The van der Waals surface area contributed by atoms with Crippen molar-refractivity contribution in [3.05, 3.63) is 18.5 Å². The lowest BCUT2D eigenvalue weighted by atomic mass is 10.2.